The van der Waals surface area contributed by atoms with Crippen LogP contribution in [-0.2, 0) is 10.9 Å². The highest BCUT2D eigenvalue weighted by atomic mass is 19.4. The van der Waals surface area contributed by atoms with Crippen molar-refractivity contribution in [1.82, 2.24) is 5.32 Å². The van der Waals surface area contributed by atoms with Crippen molar-refractivity contribution in [2.75, 3.05) is 6.61 Å². The molecule has 2 rings (SSSR count). The van der Waals surface area contributed by atoms with Crippen molar-refractivity contribution in [2.24, 2.45) is 0 Å². The topological polar surface area (TPSA) is 38.3 Å². The van der Waals surface area contributed by atoms with Gasteiger partial charge in [0.2, 0.25) is 0 Å². The number of rotatable bonds is 2. The highest BCUT2D eigenvalue weighted by Crippen LogP contribution is 2.33. The summed E-state index contributed by atoms with van der Waals surface area (Å²) in [5.74, 6) is -1.93. The van der Waals surface area contributed by atoms with E-state index in [1.807, 2.05) is 0 Å². The fraction of sp³-hybridized carbons (Fsp3) is 0.500. The maximum atomic E-state index is 13.0. The largest absolute Gasteiger partial charge is 0.417 e. The molecule has 1 saturated heterocycles. The molecule has 1 heterocycles. The summed E-state index contributed by atoms with van der Waals surface area (Å²) in [6.45, 7) is 3.87. The van der Waals surface area contributed by atoms with Crippen LogP contribution in [0.1, 0.15) is 36.2 Å². The minimum atomic E-state index is -4.80. The normalized spacial score (nSPS) is 25.9. The second-order valence-corrected chi connectivity index (χ2v) is 5.32. The predicted molar refractivity (Wildman–Crippen MR) is 67.3 cm³/mol. The van der Waals surface area contributed by atoms with Gasteiger partial charge in [0.05, 0.1) is 22.8 Å². The quantitative estimate of drug-likeness (QED) is 0.853. The Bertz CT molecular complexity index is 558. The fourth-order valence-corrected chi connectivity index (χ4v) is 2.27. The lowest BCUT2D eigenvalue weighted by Crippen LogP contribution is -2.50. The van der Waals surface area contributed by atoms with Gasteiger partial charge in [-0.3, -0.25) is 4.79 Å². The molecule has 0 bridgehead atoms. The Morgan fingerprint density at radius 2 is 2.10 bits per heavy atom. The molecule has 0 radical (unpaired) electrons. The van der Waals surface area contributed by atoms with E-state index in [1.165, 1.54) is 0 Å². The van der Waals surface area contributed by atoms with E-state index in [0.717, 1.165) is 12.1 Å². The van der Waals surface area contributed by atoms with Crippen LogP contribution in [0.15, 0.2) is 18.2 Å². The highest BCUT2D eigenvalue weighted by Gasteiger charge is 2.41. The van der Waals surface area contributed by atoms with E-state index < -0.39 is 34.6 Å². The second kappa shape index (κ2) is 5.29. The third-order valence-corrected chi connectivity index (χ3v) is 3.82. The van der Waals surface area contributed by atoms with Crippen LogP contribution in [0.3, 0.4) is 0 Å². The van der Waals surface area contributed by atoms with Crippen molar-refractivity contribution in [3.8, 4) is 0 Å². The average Bonchev–Trinajstić information content (AvgIpc) is 2.68. The molecule has 116 valence electrons. The number of amides is 1. The van der Waals surface area contributed by atoms with Gasteiger partial charge in [0.25, 0.3) is 5.91 Å². The van der Waals surface area contributed by atoms with Crippen molar-refractivity contribution in [1.29, 1.82) is 0 Å². The third kappa shape index (κ3) is 3.18. The van der Waals surface area contributed by atoms with Gasteiger partial charge in [0.15, 0.2) is 0 Å². The van der Waals surface area contributed by atoms with Gasteiger partial charge < -0.3 is 10.1 Å². The molecule has 0 saturated carbocycles. The number of carbonyl (C=O) groups excluding carboxylic acids is 1. The number of nitrogens with one attached hydrogen (secondary N) is 1. The first-order valence-corrected chi connectivity index (χ1v) is 6.44. The molecule has 1 fully saturated rings. The molecule has 0 aliphatic carbocycles. The minimum absolute atomic E-state index is 0.309. The van der Waals surface area contributed by atoms with E-state index in [1.54, 1.807) is 13.8 Å². The zero-order valence-corrected chi connectivity index (χ0v) is 11.6. The second-order valence-electron chi connectivity index (χ2n) is 5.32. The van der Waals surface area contributed by atoms with Crippen molar-refractivity contribution in [3.63, 3.8) is 0 Å². The van der Waals surface area contributed by atoms with Gasteiger partial charge in [0, 0.05) is 6.61 Å². The monoisotopic (exact) mass is 305 g/mol. The van der Waals surface area contributed by atoms with E-state index in [4.69, 9.17) is 4.74 Å². The lowest BCUT2D eigenvalue weighted by Gasteiger charge is -2.29. The first-order chi connectivity index (χ1) is 9.63. The van der Waals surface area contributed by atoms with Crippen LogP contribution in [0, 0.1) is 5.82 Å². The fourth-order valence-electron chi connectivity index (χ4n) is 2.27. The van der Waals surface area contributed by atoms with Crippen molar-refractivity contribution >= 4 is 5.91 Å². The first-order valence-electron chi connectivity index (χ1n) is 6.44. The number of halogens is 4. The van der Waals surface area contributed by atoms with Crippen molar-refractivity contribution < 1.29 is 27.1 Å². The Labute approximate surface area is 119 Å². The molecule has 1 aliphatic heterocycles. The summed E-state index contributed by atoms with van der Waals surface area (Å²) in [5, 5.41) is 2.57. The summed E-state index contributed by atoms with van der Waals surface area (Å²) in [4.78, 5) is 12.1. The van der Waals surface area contributed by atoms with Gasteiger partial charge in [-0.15, -0.1) is 0 Å². The van der Waals surface area contributed by atoms with E-state index in [-0.39, 0.29) is 6.10 Å². The molecule has 1 N–H and O–H groups in total. The Kier molecular flexibility index (Phi) is 3.97. The molecular weight excluding hydrogens is 290 g/mol. The van der Waals surface area contributed by atoms with Crippen LogP contribution in [-0.4, -0.2) is 24.2 Å². The van der Waals surface area contributed by atoms with Gasteiger partial charge in [-0.1, -0.05) is 0 Å². The van der Waals surface area contributed by atoms with E-state index in [2.05, 4.69) is 5.32 Å². The molecular formula is C14H15F4NO2. The van der Waals surface area contributed by atoms with E-state index >= 15 is 0 Å². The smallest absolute Gasteiger partial charge is 0.376 e. The zero-order valence-electron chi connectivity index (χ0n) is 11.6. The van der Waals surface area contributed by atoms with Crippen LogP contribution < -0.4 is 5.32 Å². The predicted octanol–water partition coefficient (Wildman–Crippen LogP) is 3.14. The zero-order chi connectivity index (χ0) is 15.8. The van der Waals surface area contributed by atoms with Gasteiger partial charge in [-0.25, -0.2) is 4.39 Å². The van der Waals surface area contributed by atoms with Crippen molar-refractivity contribution in [2.45, 2.75) is 38.1 Å². The molecule has 1 aliphatic rings. The summed E-state index contributed by atoms with van der Waals surface area (Å²) >= 11 is 0. The molecule has 1 amide bonds. The summed E-state index contributed by atoms with van der Waals surface area (Å²) in [6, 6.07) is 2.00. The van der Waals surface area contributed by atoms with E-state index in [0.29, 0.717) is 19.1 Å². The van der Waals surface area contributed by atoms with Crippen LogP contribution in [0.4, 0.5) is 17.6 Å². The Morgan fingerprint density at radius 3 is 2.62 bits per heavy atom. The average molecular weight is 305 g/mol. The van der Waals surface area contributed by atoms with Gasteiger partial charge in [0.1, 0.15) is 5.82 Å². The number of alkyl halides is 3. The lowest BCUT2D eigenvalue weighted by atomic mass is 9.93. The Balaban J connectivity index is 2.32. The molecule has 1 aromatic rings. The van der Waals surface area contributed by atoms with Crippen LogP contribution in [0.2, 0.25) is 0 Å². The molecule has 3 nitrogen and oxygen atoms in total. The summed E-state index contributed by atoms with van der Waals surface area (Å²) in [5.41, 5.74) is -2.62. The maximum absolute atomic E-state index is 13.0. The standard InChI is InChI=1S/C14H15F4NO2/c1-8-13(2,5-6-21-8)19-12(20)10-4-3-9(15)7-11(10)14(16,17)18/h3-4,7-8H,5-6H2,1-2H3,(H,19,20). The SMILES string of the molecule is CC1OCCC1(C)NC(=O)c1ccc(F)cc1C(F)(F)F. The Hall–Kier alpha value is -1.63. The van der Waals surface area contributed by atoms with Crippen LogP contribution in [0.25, 0.3) is 0 Å². The number of hydrogen-bond acceptors (Lipinski definition) is 2. The van der Waals surface area contributed by atoms with Crippen LogP contribution >= 0.6 is 0 Å². The minimum Gasteiger partial charge on any atom is -0.376 e. The van der Waals surface area contributed by atoms with Crippen molar-refractivity contribution in [3.05, 3.63) is 35.1 Å². The molecule has 2 atom stereocenters. The maximum Gasteiger partial charge on any atom is 0.417 e. The number of hydrogen-bond donors (Lipinski definition) is 1. The number of ether oxygens (including phenoxy) is 1. The summed E-state index contributed by atoms with van der Waals surface area (Å²) in [7, 11) is 0. The van der Waals surface area contributed by atoms with Crippen LogP contribution in [0.5, 0.6) is 0 Å². The van der Waals surface area contributed by atoms with E-state index in [9.17, 15) is 22.4 Å². The molecule has 2 unspecified atom stereocenters. The number of carbonyl (C=O) groups is 1. The van der Waals surface area contributed by atoms with Gasteiger partial charge in [-0.2, -0.15) is 13.2 Å². The highest BCUT2D eigenvalue weighted by molar-refractivity contribution is 5.96. The third-order valence-electron chi connectivity index (χ3n) is 3.82. The molecule has 1 aromatic carbocycles. The first kappa shape index (κ1) is 15.8. The molecule has 21 heavy (non-hydrogen) atoms. The van der Waals surface area contributed by atoms with Gasteiger partial charge >= 0.3 is 6.18 Å². The van der Waals surface area contributed by atoms with Gasteiger partial charge in [-0.05, 0) is 38.5 Å². The Morgan fingerprint density at radius 1 is 1.43 bits per heavy atom. The number of benzene rings is 1. The summed E-state index contributed by atoms with van der Waals surface area (Å²) < 4.78 is 57.1. The molecule has 7 heteroatoms. The lowest BCUT2D eigenvalue weighted by molar-refractivity contribution is -0.138. The molecule has 0 aromatic heterocycles. The molecule has 0 spiro atoms. The summed E-state index contributed by atoms with van der Waals surface area (Å²) in [6.07, 6.45) is -4.60.